The molecule has 0 unspecified atom stereocenters. The number of methoxy groups -OCH3 is 1. The highest BCUT2D eigenvalue weighted by Crippen LogP contribution is 2.17. The van der Waals surface area contributed by atoms with Crippen molar-refractivity contribution in [2.24, 2.45) is 0 Å². The van der Waals surface area contributed by atoms with Crippen molar-refractivity contribution in [3.05, 3.63) is 40.0 Å². The molecule has 1 N–H and O–H groups in total. The van der Waals surface area contributed by atoms with Crippen LogP contribution in [0.5, 0.6) is 0 Å². The number of nitrogens with one attached hydrogen (secondary N) is 1. The highest BCUT2D eigenvalue weighted by molar-refractivity contribution is 5.58. The van der Waals surface area contributed by atoms with Crippen molar-refractivity contribution in [1.29, 1.82) is 0 Å². The van der Waals surface area contributed by atoms with Gasteiger partial charge in [-0.15, -0.1) is 0 Å². The Hall–Kier alpha value is -1.12. The van der Waals surface area contributed by atoms with Gasteiger partial charge in [0.25, 0.3) is 0 Å². The van der Waals surface area contributed by atoms with Gasteiger partial charge in [-0.25, -0.2) is 0 Å². The molecule has 0 radical (unpaired) electrons. The summed E-state index contributed by atoms with van der Waals surface area (Å²) in [6, 6.07) is 4.52. The van der Waals surface area contributed by atoms with E-state index in [2.05, 4.69) is 51.2 Å². The van der Waals surface area contributed by atoms with Crippen LogP contribution < -0.4 is 5.32 Å². The standard InChI is InChI=1S/C16H25NO/c1-12(11-17-6-7-18-5)8-16-10-14(3)13(2)9-15(16)4/h8-10,17H,6-7,11H2,1-5H3. The molecule has 0 spiro atoms. The van der Waals surface area contributed by atoms with E-state index in [1.165, 1.54) is 27.8 Å². The largest absolute Gasteiger partial charge is 0.383 e. The lowest BCUT2D eigenvalue weighted by Gasteiger charge is -2.09. The average Bonchev–Trinajstić information content (AvgIpc) is 2.32. The van der Waals surface area contributed by atoms with Crippen LogP contribution >= 0.6 is 0 Å². The number of hydrogen-bond acceptors (Lipinski definition) is 2. The molecular weight excluding hydrogens is 222 g/mol. The molecule has 0 bridgehead atoms. The van der Waals surface area contributed by atoms with Crippen LogP contribution in [-0.4, -0.2) is 26.8 Å². The number of hydrogen-bond donors (Lipinski definition) is 1. The van der Waals surface area contributed by atoms with Crippen LogP contribution in [0.3, 0.4) is 0 Å². The van der Waals surface area contributed by atoms with Gasteiger partial charge < -0.3 is 10.1 Å². The molecule has 1 aromatic rings. The van der Waals surface area contributed by atoms with E-state index in [1.807, 2.05) is 0 Å². The topological polar surface area (TPSA) is 21.3 Å². The van der Waals surface area contributed by atoms with Crippen LogP contribution in [0, 0.1) is 20.8 Å². The van der Waals surface area contributed by atoms with E-state index in [-0.39, 0.29) is 0 Å². The summed E-state index contributed by atoms with van der Waals surface area (Å²) in [4.78, 5) is 0. The molecule has 18 heavy (non-hydrogen) atoms. The molecule has 1 aromatic carbocycles. The molecule has 0 fully saturated rings. The molecule has 0 aromatic heterocycles. The first-order chi connectivity index (χ1) is 8.54. The van der Waals surface area contributed by atoms with Gasteiger partial charge in [0.1, 0.15) is 0 Å². The SMILES string of the molecule is COCCNCC(C)=Cc1cc(C)c(C)cc1C. The predicted octanol–water partition coefficient (Wildman–Crippen LogP) is 3.25. The lowest BCUT2D eigenvalue weighted by Crippen LogP contribution is -2.20. The molecule has 2 nitrogen and oxygen atoms in total. The lowest BCUT2D eigenvalue weighted by molar-refractivity contribution is 0.200. The molecule has 0 heterocycles. The highest BCUT2D eigenvalue weighted by Gasteiger charge is 2.00. The summed E-state index contributed by atoms with van der Waals surface area (Å²) >= 11 is 0. The molecule has 1 rings (SSSR count). The van der Waals surface area contributed by atoms with E-state index in [1.54, 1.807) is 7.11 Å². The first kappa shape index (κ1) is 14.9. The number of ether oxygens (including phenoxy) is 1. The van der Waals surface area contributed by atoms with Crippen LogP contribution in [0.2, 0.25) is 0 Å². The zero-order chi connectivity index (χ0) is 13.5. The van der Waals surface area contributed by atoms with Gasteiger partial charge in [0.05, 0.1) is 6.61 Å². The smallest absolute Gasteiger partial charge is 0.0587 e. The second-order valence-corrected chi connectivity index (χ2v) is 4.95. The zero-order valence-corrected chi connectivity index (χ0v) is 12.3. The summed E-state index contributed by atoms with van der Waals surface area (Å²) in [6.07, 6.45) is 2.27. The van der Waals surface area contributed by atoms with E-state index in [4.69, 9.17) is 4.74 Å². The molecule has 2 heteroatoms. The Bertz CT molecular complexity index is 421. The van der Waals surface area contributed by atoms with Crippen molar-refractivity contribution in [2.45, 2.75) is 27.7 Å². The van der Waals surface area contributed by atoms with Gasteiger partial charge in [0.2, 0.25) is 0 Å². The Morgan fingerprint density at radius 2 is 1.83 bits per heavy atom. The summed E-state index contributed by atoms with van der Waals surface area (Å²) < 4.78 is 5.01. The molecule has 0 atom stereocenters. The fourth-order valence-corrected chi connectivity index (χ4v) is 1.91. The minimum atomic E-state index is 0.760. The summed E-state index contributed by atoms with van der Waals surface area (Å²) in [6.45, 7) is 11.2. The van der Waals surface area contributed by atoms with Gasteiger partial charge >= 0.3 is 0 Å². The van der Waals surface area contributed by atoms with Gasteiger partial charge in [0, 0.05) is 20.2 Å². The third-order valence-electron chi connectivity index (χ3n) is 3.17. The van der Waals surface area contributed by atoms with Crippen LogP contribution in [0.1, 0.15) is 29.2 Å². The van der Waals surface area contributed by atoms with Crippen molar-refractivity contribution in [3.8, 4) is 0 Å². The van der Waals surface area contributed by atoms with Gasteiger partial charge in [-0.1, -0.05) is 23.8 Å². The van der Waals surface area contributed by atoms with Crippen molar-refractivity contribution < 1.29 is 4.74 Å². The van der Waals surface area contributed by atoms with Gasteiger partial charge in [-0.3, -0.25) is 0 Å². The first-order valence-corrected chi connectivity index (χ1v) is 6.49. The fourth-order valence-electron chi connectivity index (χ4n) is 1.91. The van der Waals surface area contributed by atoms with E-state index >= 15 is 0 Å². The van der Waals surface area contributed by atoms with Gasteiger partial charge in [-0.05, 0) is 49.9 Å². The fraction of sp³-hybridized carbons (Fsp3) is 0.500. The maximum atomic E-state index is 5.01. The van der Waals surface area contributed by atoms with Crippen molar-refractivity contribution >= 4 is 6.08 Å². The second-order valence-electron chi connectivity index (χ2n) is 4.95. The van der Waals surface area contributed by atoms with E-state index in [9.17, 15) is 0 Å². The number of benzene rings is 1. The number of rotatable bonds is 6. The summed E-state index contributed by atoms with van der Waals surface area (Å²) in [7, 11) is 1.73. The summed E-state index contributed by atoms with van der Waals surface area (Å²) in [5.41, 5.74) is 6.73. The van der Waals surface area contributed by atoms with Crippen molar-refractivity contribution in [1.82, 2.24) is 5.32 Å². The molecule has 0 aliphatic rings. The Labute approximate surface area is 111 Å². The monoisotopic (exact) mass is 247 g/mol. The molecule has 0 saturated carbocycles. The van der Waals surface area contributed by atoms with Crippen LogP contribution in [0.4, 0.5) is 0 Å². The molecule has 0 aliphatic carbocycles. The van der Waals surface area contributed by atoms with Crippen molar-refractivity contribution in [2.75, 3.05) is 26.8 Å². The van der Waals surface area contributed by atoms with Crippen LogP contribution in [0.15, 0.2) is 17.7 Å². The molecule has 0 aliphatic heterocycles. The van der Waals surface area contributed by atoms with Crippen LogP contribution in [-0.2, 0) is 4.74 Å². The predicted molar refractivity (Wildman–Crippen MR) is 79.0 cm³/mol. The normalized spacial score (nSPS) is 11.9. The lowest BCUT2D eigenvalue weighted by atomic mass is 9.99. The quantitative estimate of drug-likeness (QED) is 0.779. The molecule has 0 amide bonds. The first-order valence-electron chi connectivity index (χ1n) is 6.49. The van der Waals surface area contributed by atoms with Crippen LogP contribution in [0.25, 0.3) is 6.08 Å². The zero-order valence-electron chi connectivity index (χ0n) is 12.3. The Morgan fingerprint density at radius 1 is 1.17 bits per heavy atom. The molecule has 100 valence electrons. The number of aryl methyl sites for hydroxylation is 3. The highest BCUT2D eigenvalue weighted by atomic mass is 16.5. The van der Waals surface area contributed by atoms with E-state index in [0.29, 0.717) is 0 Å². The Morgan fingerprint density at radius 3 is 2.50 bits per heavy atom. The molecular formula is C16H25NO. The Kier molecular flexibility index (Phi) is 6.10. The second kappa shape index (κ2) is 7.34. The minimum Gasteiger partial charge on any atom is -0.383 e. The summed E-state index contributed by atoms with van der Waals surface area (Å²) in [5, 5.41) is 3.36. The third-order valence-corrected chi connectivity index (χ3v) is 3.17. The average molecular weight is 247 g/mol. The maximum absolute atomic E-state index is 5.01. The van der Waals surface area contributed by atoms with E-state index < -0.39 is 0 Å². The Balaban J connectivity index is 2.67. The van der Waals surface area contributed by atoms with E-state index in [0.717, 1.165) is 19.7 Å². The van der Waals surface area contributed by atoms with Gasteiger partial charge in [-0.2, -0.15) is 0 Å². The maximum Gasteiger partial charge on any atom is 0.0587 e. The van der Waals surface area contributed by atoms with Gasteiger partial charge in [0.15, 0.2) is 0 Å². The molecule has 0 saturated heterocycles. The minimum absolute atomic E-state index is 0.760. The third kappa shape index (κ3) is 4.63. The van der Waals surface area contributed by atoms with Crippen molar-refractivity contribution in [3.63, 3.8) is 0 Å². The summed E-state index contributed by atoms with van der Waals surface area (Å²) in [5.74, 6) is 0.